The first kappa shape index (κ1) is 13.7. The van der Waals surface area contributed by atoms with E-state index in [4.69, 9.17) is 10.2 Å². The fraction of sp³-hybridized carbons (Fsp3) is 1.00. The highest BCUT2D eigenvalue weighted by Crippen LogP contribution is 2.26. The standard InChI is InChI=1S/C10H18F3NO2/c11-10(12,13)9(16)7-14-5-1-3-8(14)4-2-6-15/h8-9,15-16H,1-7H2. The van der Waals surface area contributed by atoms with Crippen LogP contribution in [0.15, 0.2) is 0 Å². The van der Waals surface area contributed by atoms with Gasteiger partial charge in [0, 0.05) is 19.2 Å². The van der Waals surface area contributed by atoms with E-state index in [-0.39, 0.29) is 19.2 Å². The van der Waals surface area contributed by atoms with E-state index in [0.29, 0.717) is 19.4 Å². The molecule has 0 aromatic carbocycles. The van der Waals surface area contributed by atoms with E-state index in [1.807, 2.05) is 0 Å². The van der Waals surface area contributed by atoms with E-state index >= 15 is 0 Å². The minimum Gasteiger partial charge on any atom is -0.396 e. The second-order valence-electron chi connectivity index (χ2n) is 4.21. The number of alkyl halides is 3. The predicted octanol–water partition coefficient (Wildman–Crippen LogP) is 1.15. The van der Waals surface area contributed by atoms with Gasteiger partial charge in [-0.15, -0.1) is 0 Å². The van der Waals surface area contributed by atoms with E-state index in [9.17, 15) is 13.2 Å². The maximum absolute atomic E-state index is 12.2. The number of likely N-dealkylation sites (tertiary alicyclic amines) is 1. The summed E-state index contributed by atoms with van der Waals surface area (Å²) in [7, 11) is 0. The first-order chi connectivity index (χ1) is 7.45. The van der Waals surface area contributed by atoms with Crippen molar-refractivity contribution in [1.82, 2.24) is 4.90 Å². The average molecular weight is 241 g/mol. The summed E-state index contributed by atoms with van der Waals surface area (Å²) in [4.78, 5) is 1.67. The highest BCUT2D eigenvalue weighted by molar-refractivity contribution is 4.82. The lowest BCUT2D eigenvalue weighted by molar-refractivity contribution is -0.208. The molecule has 0 aromatic rings. The Morgan fingerprint density at radius 1 is 1.38 bits per heavy atom. The number of hydrogen-bond acceptors (Lipinski definition) is 3. The van der Waals surface area contributed by atoms with E-state index in [1.165, 1.54) is 0 Å². The van der Waals surface area contributed by atoms with Crippen LogP contribution in [0.25, 0.3) is 0 Å². The quantitative estimate of drug-likeness (QED) is 0.758. The molecule has 1 aliphatic heterocycles. The molecule has 96 valence electrons. The molecule has 2 atom stereocenters. The molecule has 0 saturated carbocycles. The summed E-state index contributed by atoms with van der Waals surface area (Å²) in [5.41, 5.74) is 0. The molecular weight excluding hydrogens is 223 g/mol. The van der Waals surface area contributed by atoms with Gasteiger partial charge in [0.25, 0.3) is 0 Å². The van der Waals surface area contributed by atoms with E-state index in [2.05, 4.69) is 0 Å². The number of aliphatic hydroxyl groups is 2. The van der Waals surface area contributed by atoms with Gasteiger partial charge in [-0.05, 0) is 32.2 Å². The van der Waals surface area contributed by atoms with Crippen molar-refractivity contribution in [2.24, 2.45) is 0 Å². The summed E-state index contributed by atoms with van der Waals surface area (Å²) >= 11 is 0. The van der Waals surface area contributed by atoms with Crippen LogP contribution in [0.1, 0.15) is 25.7 Å². The van der Waals surface area contributed by atoms with E-state index in [1.54, 1.807) is 4.90 Å². The molecule has 0 spiro atoms. The Morgan fingerprint density at radius 3 is 2.62 bits per heavy atom. The third kappa shape index (κ3) is 3.92. The Hall–Kier alpha value is -0.330. The Bertz CT molecular complexity index is 211. The fourth-order valence-electron chi connectivity index (χ4n) is 2.11. The topological polar surface area (TPSA) is 43.7 Å². The summed E-state index contributed by atoms with van der Waals surface area (Å²) in [6.45, 7) is 0.314. The monoisotopic (exact) mass is 241 g/mol. The van der Waals surface area contributed by atoms with Crippen LogP contribution in [0.4, 0.5) is 13.2 Å². The number of nitrogens with zero attached hydrogens (tertiary/aromatic N) is 1. The molecule has 1 rings (SSSR count). The lowest BCUT2D eigenvalue weighted by atomic mass is 10.1. The summed E-state index contributed by atoms with van der Waals surface area (Å²) < 4.78 is 36.5. The van der Waals surface area contributed by atoms with Crippen molar-refractivity contribution in [3.63, 3.8) is 0 Å². The Kier molecular flexibility index (Phi) is 5.01. The molecule has 16 heavy (non-hydrogen) atoms. The molecule has 1 aliphatic rings. The van der Waals surface area contributed by atoms with Crippen LogP contribution in [0.2, 0.25) is 0 Å². The molecule has 3 nitrogen and oxygen atoms in total. The lowest BCUT2D eigenvalue weighted by Gasteiger charge is -2.27. The molecule has 0 radical (unpaired) electrons. The van der Waals surface area contributed by atoms with Crippen LogP contribution < -0.4 is 0 Å². The maximum Gasteiger partial charge on any atom is 0.415 e. The number of aliphatic hydroxyl groups excluding tert-OH is 2. The summed E-state index contributed by atoms with van der Waals surface area (Å²) in [6, 6.07) is 0.0733. The largest absolute Gasteiger partial charge is 0.415 e. The number of hydrogen-bond donors (Lipinski definition) is 2. The van der Waals surface area contributed by atoms with Crippen LogP contribution in [0, 0.1) is 0 Å². The molecule has 0 aliphatic carbocycles. The van der Waals surface area contributed by atoms with Gasteiger partial charge in [0.1, 0.15) is 0 Å². The highest BCUT2D eigenvalue weighted by Gasteiger charge is 2.40. The SMILES string of the molecule is OCCCC1CCCN1CC(O)C(F)(F)F. The summed E-state index contributed by atoms with van der Waals surface area (Å²) in [5, 5.41) is 17.6. The minimum atomic E-state index is -4.54. The Labute approximate surface area is 92.9 Å². The maximum atomic E-state index is 12.2. The fourth-order valence-corrected chi connectivity index (χ4v) is 2.11. The van der Waals surface area contributed by atoms with Gasteiger partial charge in [0.05, 0.1) is 0 Å². The molecule has 1 fully saturated rings. The second kappa shape index (κ2) is 5.84. The van der Waals surface area contributed by atoms with Gasteiger partial charge in [0.15, 0.2) is 6.10 Å². The van der Waals surface area contributed by atoms with Gasteiger partial charge in [-0.25, -0.2) is 0 Å². The van der Waals surface area contributed by atoms with Crippen molar-refractivity contribution in [2.75, 3.05) is 19.7 Å². The first-order valence-corrected chi connectivity index (χ1v) is 5.55. The zero-order valence-corrected chi connectivity index (χ0v) is 9.08. The van der Waals surface area contributed by atoms with Crippen LogP contribution in [-0.4, -0.2) is 53.1 Å². The van der Waals surface area contributed by atoms with Gasteiger partial charge in [-0.2, -0.15) is 13.2 Å². The molecule has 0 aromatic heterocycles. The summed E-state index contributed by atoms with van der Waals surface area (Å²) in [5.74, 6) is 0. The Balaban J connectivity index is 2.40. The van der Waals surface area contributed by atoms with Crippen molar-refractivity contribution < 1.29 is 23.4 Å². The smallest absolute Gasteiger partial charge is 0.396 e. The van der Waals surface area contributed by atoms with Gasteiger partial charge < -0.3 is 10.2 Å². The zero-order chi connectivity index (χ0) is 12.2. The molecule has 6 heteroatoms. The van der Waals surface area contributed by atoms with Crippen molar-refractivity contribution in [3.8, 4) is 0 Å². The van der Waals surface area contributed by atoms with Gasteiger partial charge in [0.2, 0.25) is 0 Å². The van der Waals surface area contributed by atoms with Crippen LogP contribution >= 0.6 is 0 Å². The van der Waals surface area contributed by atoms with Crippen LogP contribution in [0.5, 0.6) is 0 Å². The van der Waals surface area contributed by atoms with Crippen LogP contribution in [-0.2, 0) is 0 Å². The molecule has 2 N–H and O–H groups in total. The van der Waals surface area contributed by atoms with Crippen molar-refractivity contribution >= 4 is 0 Å². The average Bonchev–Trinajstić information content (AvgIpc) is 2.61. The van der Waals surface area contributed by atoms with Gasteiger partial charge in [-0.1, -0.05) is 0 Å². The van der Waals surface area contributed by atoms with E-state index in [0.717, 1.165) is 12.8 Å². The first-order valence-electron chi connectivity index (χ1n) is 5.55. The molecule has 0 amide bonds. The van der Waals surface area contributed by atoms with Crippen molar-refractivity contribution in [2.45, 2.75) is 44.0 Å². The molecule has 0 bridgehead atoms. The van der Waals surface area contributed by atoms with Gasteiger partial charge >= 0.3 is 6.18 Å². The van der Waals surface area contributed by atoms with Gasteiger partial charge in [-0.3, -0.25) is 4.90 Å². The normalized spacial score (nSPS) is 24.9. The molecule has 1 heterocycles. The predicted molar refractivity (Wildman–Crippen MR) is 53.0 cm³/mol. The molecular formula is C10H18F3NO2. The highest BCUT2D eigenvalue weighted by atomic mass is 19.4. The minimum absolute atomic E-state index is 0.0617. The molecule has 1 saturated heterocycles. The van der Waals surface area contributed by atoms with Crippen LogP contribution in [0.3, 0.4) is 0 Å². The lowest BCUT2D eigenvalue weighted by Crippen LogP contribution is -2.43. The third-order valence-corrected chi connectivity index (χ3v) is 2.98. The second-order valence-corrected chi connectivity index (χ2v) is 4.21. The number of β-amino-alcohol motifs (C(OH)–C–C–N with tert-alkyl or cyclic N) is 1. The van der Waals surface area contributed by atoms with Crippen molar-refractivity contribution in [1.29, 1.82) is 0 Å². The van der Waals surface area contributed by atoms with E-state index < -0.39 is 12.3 Å². The van der Waals surface area contributed by atoms with Crippen molar-refractivity contribution in [3.05, 3.63) is 0 Å². The number of halogens is 3. The summed E-state index contributed by atoms with van der Waals surface area (Å²) in [6.07, 6.45) is -3.79. The zero-order valence-electron chi connectivity index (χ0n) is 9.08. The number of rotatable bonds is 5. The molecule has 2 unspecified atom stereocenters. The third-order valence-electron chi connectivity index (χ3n) is 2.98. The Morgan fingerprint density at radius 2 is 2.06 bits per heavy atom.